The van der Waals surface area contributed by atoms with Crippen LogP contribution in [0.4, 0.5) is 0 Å². The average Bonchev–Trinajstić information content (AvgIpc) is 2.36. The van der Waals surface area contributed by atoms with Crippen molar-refractivity contribution in [1.82, 2.24) is 5.32 Å². The van der Waals surface area contributed by atoms with Crippen LogP contribution < -0.4 is 5.32 Å². The van der Waals surface area contributed by atoms with Gasteiger partial charge in [0.2, 0.25) is 0 Å². The average molecular weight is 282 g/mol. The fraction of sp³-hybridized carbons (Fsp3) is 1.00. The molecule has 20 heavy (non-hydrogen) atoms. The highest BCUT2D eigenvalue weighted by Gasteiger charge is 2.35. The van der Waals surface area contributed by atoms with Crippen LogP contribution in [0.25, 0.3) is 0 Å². The molecular formula is C19H39N. The predicted octanol–water partition coefficient (Wildman–Crippen LogP) is 5.50. The zero-order valence-corrected chi connectivity index (χ0v) is 15.0. The molecule has 1 heteroatoms. The lowest BCUT2D eigenvalue weighted by molar-refractivity contribution is 0.0836. The van der Waals surface area contributed by atoms with Crippen LogP contribution >= 0.6 is 0 Å². The number of rotatable bonds is 7. The maximum Gasteiger partial charge on any atom is -0.00180 e. The van der Waals surface area contributed by atoms with Gasteiger partial charge in [-0.2, -0.15) is 0 Å². The first-order chi connectivity index (χ1) is 9.38. The molecule has 0 spiro atoms. The molecule has 0 aromatic rings. The van der Waals surface area contributed by atoms with Gasteiger partial charge in [0.1, 0.15) is 0 Å². The van der Waals surface area contributed by atoms with Gasteiger partial charge in [0.05, 0.1) is 0 Å². The molecule has 0 saturated heterocycles. The summed E-state index contributed by atoms with van der Waals surface area (Å²) in [6, 6.07) is 0. The largest absolute Gasteiger partial charge is 0.317 e. The Kier molecular flexibility index (Phi) is 7.58. The van der Waals surface area contributed by atoms with Gasteiger partial charge in [-0.25, -0.2) is 0 Å². The third-order valence-electron chi connectivity index (χ3n) is 5.51. The number of hydrogen-bond acceptors (Lipinski definition) is 1. The molecule has 4 atom stereocenters. The zero-order valence-electron chi connectivity index (χ0n) is 15.0. The maximum absolute atomic E-state index is 3.61. The Labute approximate surface area is 128 Å². The molecule has 1 fully saturated rings. The van der Waals surface area contributed by atoms with Crippen LogP contribution in [0.2, 0.25) is 0 Å². The van der Waals surface area contributed by atoms with E-state index in [2.05, 4.69) is 46.9 Å². The van der Waals surface area contributed by atoms with Gasteiger partial charge in [-0.1, -0.05) is 54.4 Å². The summed E-state index contributed by atoms with van der Waals surface area (Å²) in [6.07, 6.45) is 8.56. The van der Waals surface area contributed by atoms with Crippen LogP contribution in [-0.2, 0) is 0 Å². The fourth-order valence-corrected chi connectivity index (χ4v) is 4.13. The summed E-state index contributed by atoms with van der Waals surface area (Å²) in [6.45, 7) is 16.7. The Morgan fingerprint density at radius 2 is 1.80 bits per heavy atom. The van der Waals surface area contributed by atoms with Gasteiger partial charge in [-0.3, -0.25) is 0 Å². The molecule has 0 bridgehead atoms. The topological polar surface area (TPSA) is 12.0 Å². The minimum absolute atomic E-state index is 0.495. The normalized spacial score (nSPS) is 29.4. The third kappa shape index (κ3) is 5.76. The van der Waals surface area contributed by atoms with E-state index in [9.17, 15) is 0 Å². The maximum atomic E-state index is 3.61. The molecule has 1 aliphatic rings. The Hall–Kier alpha value is -0.0400. The molecular weight excluding hydrogens is 242 g/mol. The second-order valence-electron chi connectivity index (χ2n) is 8.33. The number of nitrogens with one attached hydrogen (secondary N) is 1. The van der Waals surface area contributed by atoms with E-state index in [4.69, 9.17) is 0 Å². The van der Waals surface area contributed by atoms with Gasteiger partial charge < -0.3 is 5.32 Å². The Morgan fingerprint density at radius 1 is 1.10 bits per heavy atom. The first-order valence-corrected chi connectivity index (χ1v) is 9.09. The summed E-state index contributed by atoms with van der Waals surface area (Å²) in [4.78, 5) is 0. The molecule has 1 saturated carbocycles. The molecule has 1 aliphatic carbocycles. The van der Waals surface area contributed by atoms with Crippen LogP contribution in [-0.4, -0.2) is 13.1 Å². The van der Waals surface area contributed by atoms with E-state index in [1.54, 1.807) is 0 Å². The Balaban J connectivity index is 2.62. The SMILES string of the molecule is CCCC(C)CC1CC(C(C)(C)C)CCC1CNCC. The van der Waals surface area contributed by atoms with Gasteiger partial charge in [-0.05, 0) is 67.9 Å². The predicted molar refractivity (Wildman–Crippen MR) is 91.0 cm³/mol. The fourth-order valence-electron chi connectivity index (χ4n) is 4.13. The van der Waals surface area contributed by atoms with Gasteiger partial charge in [-0.15, -0.1) is 0 Å². The monoisotopic (exact) mass is 281 g/mol. The van der Waals surface area contributed by atoms with Gasteiger partial charge in [0, 0.05) is 0 Å². The first kappa shape index (κ1) is 18.0. The summed E-state index contributed by atoms with van der Waals surface area (Å²) in [5, 5.41) is 3.61. The van der Waals surface area contributed by atoms with Crippen LogP contribution in [0.1, 0.15) is 80.1 Å². The van der Waals surface area contributed by atoms with Crippen molar-refractivity contribution in [3.63, 3.8) is 0 Å². The van der Waals surface area contributed by atoms with E-state index in [-0.39, 0.29) is 0 Å². The highest BCUT2D eigenvalue weighted by atomic mass is 14.8. The van der Waals surface area contributed by atoms with Crippen molar-refractivity contribution in [3.8, 4) is 0 Å². The van der Waals surface area contributed by atoms with Crippen molar-refractivity contribution in [2.75, 3.05) is 13.1 Å². The van der Waals surface area contributed by atoms with Crippen molar-refractivity contribution in [2.24, 2.45) is 29.1 Å². The lowest BCUT2D eigenvalue weighted by atomic mass is 9.64. The highest BCUT2D eigenvalue weighted by Crippen LogP contribution is 2.44. The minimum atomic E-state index is 0.495. The van der Waals surface area contributed by atoms with Gasteiger partial charge in [0.25, 0.3) is 0 Å². The van der Waals surface area contributed by atoms with E-state index in [1.807, 2.05) is 0 Å². The quantitative estimate of drug-likeness (QED) is 0.649. The number of hydrogen-bond donors (Lipinski definition) is 1. The van der Waals surface area contributed by atoms with Crippen molar-refractivity contribution in [1.29, 1.82) is 0 Å². The minimum Gasteiger partial charge on any atom is -0.317 e. The van der Waals surface area contributed by atoms with E-state index < -0.39 is 0 Å². The summed E-state index contributed by atoms with van der Waals surface area (Å²) in [5.74, 6) is 3.72. The van der Waals surface area contributed by atoms with Gasteiger partial charge in [0.15, 0.2) is 0 Å². The lowest BCUT2D eigenvalue weighted by Crippen LogP contribution is -2.37. The molecule has 1 N–H and O–H groups in total. The standard InChI is InChI=1S/C19H39N/c1-7-9-15(3)12-17-13-18(19(4,5)6)11-10-16(17)14-20-8-2/h15-18,20H,7-14H2,1-6H3. The molecule has 120 valence electrons. The highest BCUT2D eigenvalue weighted by molar-refractivity contribution is 4.87. The van der Waals surface area contributed by atoms with E-state index in [0.29, 0.717) is 5.41 Å². The molecule has 0 aromatic heterocycles. The smallest absolute Gasteiger partial charge is 0.00180 e. The van der Waals surface area contributed by atoms with Crippen molar-refractivity contribution < 1.29 is 0 Å². The molecule has 4 unspecified atom stereocenters. The zero-order chi connectivity index (χ0) is 15.2. The molecule has 0 aromatic carbocycles. The van der Waals surface area contributed by atoms with Crippen LogP contribution in [0.15, 0.2) is 0 Å². The van der Waals surface area contributed by atoms with Crippen molar-refractivity contribution in [3.05, 3.63) is 0 Å². The first-order valence-electron chi connectivity index (χ1n) is 9.09. The van der Waals surface area contributed by atoms with Crippen molar-refractivity contribution >= 4 is 0 Å². The molecule has 0 heterocycles. The molecule has 0 radical (unpaired) electrons. The van der Waals surface area contributed by atoms with Crippen LogP contribution in [0, 0.1) is 29.1 Å². The van der Waals surface area contributed by atoms with E-state index in [0.717, 1.165) is 30.2 Å². The lowest BCUT2D eigenvalue weighted by Gasteiger charge is -2.43. The molecule has 0 aliphatic heterocycles. The van der Waals surface area contributed by atoms with E-state index >= 15 is 0 Å². The summed E-state index contributed by atoms with van der Waals surface area (Å²) < 4.78 is 0. The second-order valence-corrected chi connectivity index (χ2v) is 8.33. The van der Waals surface area contributed by atoms with Crippen LogP contribution in [0.5, 0.6) is 0 Å². The second kappa shape index (κ2) is 8.41. The van der Waals surface area contributed by atoms with Crippen LogP contribution in [0.3, 0.4) is 0 Å². The third-order valence-corrected chi connectivity index (χ3v) is 5.51. The van der Waals surface area contributed by atoms with Gasteiger partial charge >= 0.3 is 0 Å². The molecule has 1 rings (SSSR count). The summed E-state index contributed by atoms with van der Waals surface area (Å²) in [7, 11) is 0. The Bertz CT molecular complexity index is 253. The summed E-state index contributed by atoms with van der Waals surface area (Å²) in [5.41, 5.74) is 0.495. The van der Waals surface area contributed by atoms with Crippen molar-refractivity contribution in [2.45, 2.75) is 80.1 Å². The van der Waals surface area contributed by atoms with E-state index in [1.165, 1.54) is 45.1 Å². The molecule has 0 amide bonds. The Morgan fingerprint density at radius 3 is 2.35 bits per heavy atom. The summed E-state index contributed by atoms with van der Waals surface area (Å²) >= 11 is 0. The molecule has 1 nitrogen and oxygen atoms in total.